The highest BCUT2D eigenvalue weighted by atomic mass is 32.1. The van der Waals surface area contributed by atoms with Gasteiger partial charge < -0.3 is 14.4 Å². The van der Waals surface area contributed by atoms with Crippen LogP contribution in [0.15, 0.2) is 18.3 Å². The van der Waals surface area contributed by atoms with Gasteiger partial charge in [0.25, 0.3) is 5.91 Å². The maximum atomic E-state index is 12.8. The van der Waals surface area contributed by atoms with Crippen molar-refractivity contribution >= 4 is 23.9 Å². The number of nitrogens with one attached hydrogen (secondary N) is 1. The van der Waals surface area contributed by atoms with Gasteiger partial charge >= 0.3 is 0 Å². The fourth-order valence-corrected chi connectivity index (χ4v) is 4.38. The van der Waals surface area contributed by atoms with Gasteiger partial charge in [-0.05, 0) is 57.0 Å². The first-order chi connectivity index (χ1) is 13.2. The summed E-state index contributed by atoms with van der Waals surface area (Å²) >= 11 is 5.29. The van der Waals surface area contributed by atoms with E-state index in [4.69, 9.17) is 12.2 Å². The molecule has 7 nitrogen and oxygen atoms in total. The summed E-state index contributed by atoms with van der Waals surface area (Å²) in [7, 11) is 0. The Kier molecular flexibility index (Phi) is 5.24. The Labute approximate surface area is 164 Å². The predicted octanol–water partition coefficient (Wildman–Crippen LogP) is 2.98. The van der Waals surface area contributed by atoms with Gasteiger partial charge in [-0.2, -0.15) is 5.10 Å². The number of piperidine rings is 1. The monoisotopic (exact) mass is 386 g/mol. The number of amides is 1. The maximum absolute atomic E-state index is 12.8. The Morgan fingerprint density at radius 1 is 1.22 bits per heavy atom. The third kappa shape index (κ3) is 3.63. The Hall–Kier alpha value is -2.22. The number of likely N-dealkylation sites (tertiary alicyclic amines) is 1. The molecule has 4 heterocycles. The van der Waals surface area contributed by atoms with E-state index in [1.807, 2.05) is 17.0 Å². The minimum atomic E-state index is 0.0725. The van der Waals surface area contributed by atoms with Gasteiger partial charge in [-0.3, -0.25) is 9.89 Å². The third-order valence-corrected chi connectivity index (χ3v) is 5.99. The molecule has 2 aliphatic heterocycles. The van der Waals surface area contributed by atoms with Gasteiger partial charge in [-0.25, -0.2) is 4.98 Å². The smallest absolute Gasteiger partial charge is 0.255 e. The van der Waals surface area contributed by atoms with E-state index >= 15 is 0 Å². The molecule has 0 aromatic carbocycles. The Bertz CT molecular complexity index is 844. The van der Waals surface area contributed by atoms with E-state index in [2.05, 4.69) is 31.6 Å². The molecular weight excluding hydrogens is 360 g/mol. The number of rotatable bonds is 4. The van der Waals surface area contributed by atoms with Crippen molar-refractivity contribution in [3.63, 3.8) is 0 Å². The Morgan fingerprint density at radius 2 is 1.96 bits per heavy atom. The summed E-state index contributed by atoms with van der Waals surface area (Å²) in [6.07, 6.45) is 5.98. The van der Waals surface area contributed by atoms with E-state index in [1.165, 1.54) is 12.8 Å². The molecular formula is C19H26N6OS. The van der Waals surface area contributed by atoms with E-state index in [0.717, 1.165) is 57.2 Å². The third-order valence-electron chi connectivity index (χ3n) is 5.68. The molecule has 0 aliphatic carbocycles. The topological polar surface area (TPSA) is 70.1 Å². The molecule has 4 rings (SSSR count). The summed E-state index contributed by atoms with van der Waals surface area (Å²) in [5, 5.41) is 7.31. The van der Waals surface area contributed by atoms with Crippen LogP contribution in [-0.4, -0.2) is 56.7 Å². The van der Waals surface area contributed by atoms with E-state index in [-0.39, 0.29) is 5.91 Å². The summed E-state index contributed by atoms with van der Waals surface area (Å²) in [4.78, 5) is 21.6. The first-order valence-corrected chi connectivity index (χ1v) is 10.2. The molecule has 0 saturated carbocycles. The van der Waals surface area contributed by atoms with E-state index in [1.54, 1.807) is 6.20 Å². The van der Waals surface area contributed by atoms with Gasteiger partial charge in [0.1, 0.15) is 11.6 Å². The van der Waals surface area contributed by atoms with E-state index in [0.29, 0.717) is 16.3 Å². The zero-order valence-corrected chi connectivity index (χ0v) is 16.5. The number of pyridine rings is 1. The van der Waals surface area contributed by atoms with Gasteiger partial charge in [0.2, 0.25) is 0 Å². The molecule has 8 heteroatoms. The Balaban J connectivity index is 1.39. The van der Waals surface area contributed by atoms with Gasteiger partial charge in [0.15, 0.2) is 4.77 Å². The largest absolute Gasteiger partial charge is 0.357 e. The molecule has 2 fully saturated rings. The SMILES string of the molecule is CCn1c(C2CCN(C(=O)c3ccc(N4CCCC4)nc3)CC2)n[nH]c1=S. The molecule has 0 atom stereocenters. The summed E-state index contributed by atoms with van der Waals surface area (Å²) in [5.41, 5.74) is 0.674. The standard InChI is InChI=1S/C19H26N6OS/c1-2-25-17(21-22-19(25)27)14-7-11-24(12-8-14)18(26)15-5-6-16(20-13-15)23-9-3-4-10-23/h5-6,13-14H,2-4,7-12H2,1H3,(H,22,27). The lowest BCUT2D eigenvalue weighted by Crippen LogP contribution is -2.38. The molecule has 27 heavy (non-hydrogen) atoms. The van der Waals surface area contributed by atoms with Crippen LogP contribution in [0.5, 0.6) is 0 Å². The van der Waals surface area contributed by atoms with Crippen molar-refractivity contribution in [2.45, 2.75) is 45.1 Å². The number of H-pyrrole nitrogens is 1. The number of carbonyl (C=O) groups excluding carboxylic acids is 1. The highest BCUT2D eigenvalue weighted by Crippen LogP contribution is 2.28. The lowest BCUT2D eigenvalue weighted by molar-refractivity contribution is 0.0710. The molecule has 0 spiro atoms. The molecule has 2 aromatic heterocycles. The fraction of sp³-hybridized carbons (Fsp3) is 0.579. The van der Waals surface area contributed by atoms with E-state index < -0.39 is 0 Å². The highest BCUT2D eigenvalue weighted by Gasteiger charge is 2.27. The van der Waals surface area contributed by atoms with Crippen molar-refractivity contribution in [3.8, 4) is 0 Å². The van der Waals surface area contributed by atoms with Crippen molar-refractivity contribution in [1.29, 1.82) is 0 Å². The maximum Gasteiger partial charge on any atom is 0.255 e. The summed E-state index contributed by atoms with van der Waals surface area (Å²) in [6.45, 7) is 6.49. The van der Waals surface area contributed by atoms with Crippen LogP contribution < -0.4 is 4.90 Å². The van der Waals surface area contributed by atoms with Crippen molar-refractivity contribution in [2.75, 3.05) is 31.1 Å². The van der Waals surface area contributed by atoms with Gasteiger partial charge in [-0.15, -0.1) is 0 Å². The second kappa shape index (κ2) is 7.80. The minimum absolute atomic E-state index is 0.0725. The van der Waals surface area contributed by atoms with Crippen LogP contribution >= 0.6 is 12.2 Å². The van der Waals surface area contributed by atoms with Crippen molar-refractivity contribution in [2.24, 2.45) is 0 Å². The van der Waals surface area contributed by atoms with E-state index in [9.17, 15) is 4.79 Å². The van der Waals surface area contributed by atoms with Crippen LogP contribution in [-0.2, 0) is 6.54 Å². The fourth-order valence-electron chi connectivity index (χ4n) is 4.12. The average Bonchev–Trinajstić information content (AvgIpc) is 3.37. The molecule has 0 unspecified atom stereocenters. The number of aromatic nitrogens is 4. The average molecular weight is 387 g/mol. The molecule has 2 aliphatic rings. The van der Waals surface area contributed by atoms with Gasteiger partial charge in [0.05, 0.1) is 5.56 Å². The number of anilines is 1. The molecule has 1 N–H and O–H groups in total. The Morgan fingerprint density at radius 3 is 2.59 bits per heavy atom. The summed E-state index contributed by atoms with van der Waals surface area (Å²) in [6, 6.07) is 3.89. The second-order valence-corrected chi connectivity index (χ2v) is 7.68. The lowest BCUT2D eigenvalue weighted by atomic mass is 9.95. The summed E-state index contributed by atoms with van der Waals surface area (Å²) in [5.74, 6) is 2.41. The number of hydrogen-bond acceptors (Lipinski definition) is 5. The zero-order valence-electron chi connectivity index (χ0n) is 15.7. The molecule has 144 valence electrons. The number of aromatic amines is 1. The van der Waals surface area contributed by atoms with Crippen LogP contribution in [0.3, 0.4) is 0 Å². The van der Waals surface area contributed by atoms with Crippen molar-refractivity contribution < 1.29 is 4.79 Å². The van der Waals surface area contributed by atoms with Crippen molar-refractivity contribution in [3.05, 3.63) is 34.5 Å². The summed E-state index contributed by atoms with van der Waals surface area (Å²) < 4.78 is 2.73. The molecule has 0 radical (unpaired) electrons. The first-order valence-electron chi connectivity index (χ1n) is 9.82. The normalized spacial score (nSPS) is 18.3. The van der Waals surface area contributed by atoms with Crippen molar-refractivity contribution in [1.82, 2.24) is 24.6 Å². The van der Waals surface area contributed by atoms with Crippen LogP contribution in [0.4, 0.5) is 5.82 Å². The zero-order chi connectivity index (χ0) is 18.8. The number of nitrogens with zero attached hydrogens (tertiary/aromatic N) is 5. The number of carbonyl (C=O) groups is 1. The van der Waals surface area contributed by atoms with Gasteiger partial charge in [0, 0.05) is 44.8 Å². The molecule has 2 saturated heterocycles. The van der Waals surface area contributed by atoms with Gasteiger partial charge in [-0.1, -0.05) is 0 Å². The first kappa shape index (κ1) is 18.2. The predicted molar refractivity (Wildman–Crippen MR) is 107 cm³/mol. The van der Waals surface area contributed by atoms with Crippen LogP contribution in [0.25, 0.3) is 0 Å². The van der Waals surface area contributed by atoms with Crippen LogP contribution in [0.1, 0.15) is 54.7 Å². The van der Waals surface area contributed by atoms with Crippen LogP contribution in [0.2, 0.25) is 0 Å². The molecule has 1 amide bonds. The quantitative estimate of drug-likeness (QED) is 0.818. The minimum Gasteiger partial charge on any atom is -0.357 e. The van der Waals surface area contributed by atoms with Crippen LogP contribution in [0, 0.1) is 4.77 Å². The lowest BCUT2D eigenvalue weighted by Gasteiger charge is -2.31. The molecule has 2 aromatic rings. The second-order valence-electron chi connectivity index (χ2n) is 7.30. The highest BCUT2D eigenvalue weighted by molar-refractivity contribution is 7.71. The number of hydrogen-bond donors (Lipinski definition) is 1. The molecule has 0 bridgehead atoms.